The molecule has 1 rings (SSSR count). The molecule has 1 amide bonds. The van der Waals surface area contributed by atoms with E-state index in [-0.39, 0.29) is 11.9 Å². The first-order chi connectivity index (χ1) is 7.13. The second kappa shape index (κ2) is 5.71. The zero-order valence-electron chi connectivity index (χ0n) is 8.96. The number of hydrogen-bond donors (Lipinski definition) is 1. The summed E-state index contributed by atoms with van der Waals surface area (Å²) in [4.78, 5) is 15.2. The van der Waals surface area contributed by atoms with Crippen molar-refractivity contribution in [1.82, 2.24) is 10.3 Å². The molecule has 0 spiro atoms. The predicted octanol–water partition coefficient (Wildman–Crippen LogP) is 2.71. The number of carbonyl (C=O) groups is 1. The van der Waals surface area contributed by atoms with Gasteiger partial charge in [0.15, 0.2) is 0 Å². The van der Waals surface area contributed by atoms with Crippen LogP contribution >= 0.6 is 11.6 Å². The molecule has 82 valence electrons. The van der Waals surface area contributed by atoms with E-state index in [1.165, 1.54) is 6.92 Å². The lowest BCUT2D eigenvalue weighted by molar-refractivity contribution is -0.119. The second-order valence-corrected chi connectivity index (χ2v) is 3.88. The molecule has 1 aromatic rings. The summed E-state index contributed by atoms with van der Waals surface area (Å²) in [7, 11) is 0. The quantitative estimate of drug-likeness (QED) is 0.858. The fraction of sp³-hybridized carbons (Fsp3) is 0.455. The van der Waals surface area contributed by atoms with Crippen LogP contribution in [-0.2, 0) is 4.79 Å². The fourth-order valence-corrected chi connectivity index (χ4v) is 1.61. The number of nitrogens with zero attached hydrogens (tertiary/aromatic N) is 1. The molecule has 3 nitrogen and oxygen atoms in total. The van der Waals surface area contributed by atoms with Gasteiger partial charge in [0.1, 0.15) is 0 Å². The minimum Gasteiger partial charge on any atom is -0.348 e. The predicted molar refractivity (Wildman–Crippen MR) is 60.7 cm³/mol. The Morgan fingerprint density at radius 2 is 2.40 bits per heavy atom. The molecule has 1 heterocycles. The monoisotopic (exact) mass is 226 g/mol. The molecule has 15 heavy (non-hydrogen) atoms. The van der Waals surface area contributed by atoms with Crippen LogP contribution < -0.4 is 5.32 Å². The average Bonchev–Trinajstić information content (AvgIpc) is 2.16. The highest BCUT2D eigenvalue weighted by Crippen LogP contribution is 2.19. The van der Waals surface area contributed by atoms with Gasteiger partial charge in [0, 0.05) is 18.1 Å². The first-order valence-corrected chi connectivity index (χ1v) is 5.39. The molecule has 0 aromatic carbocycles. The van der Waals surface area contributed by atoms with Gasteiger partial charge >= 0.3 is 0 Å². The third-order valence-electron chi connectivity index (χ3n) is 2.05. The SMILES string of the molecule is CCC[C@@H](NC(C)=O)c1cc(Cl)ccn1. The Labute approximate surface area is 94.9 Å². The number of nitrogens with one attached hydrogen (secondary N) is 1. The Kier molecular flexibility index (Phi) is 4.56. The smallest absolute Gasteiger partial charge is 0.217 e. The molecule has 0 fully saturated rings. The molecular weight excluding hydrogens is 212 g/mol. The van der Waals surface area contributed by atoms with Crippen molar-refractivity contribution in [3.63, 3.8) is 0 Å². The molecule has 0 radical (unpaired) electrons. The highest BCUT2D eigenvalue weighted by molar-refractivity contribution is 6.30. The van der Waals surface area contributed by atoms with E-state index in [4.69, 9.17) is 11.6 Å². The third-order valence-corrected chi connectivity index (χ3v) is 2.29. The first kappa shape index (κ1) is 12.0. The van der Waals surface area contributed by atoms with Crippen LogP contribution in [0.3, 0.4) is 0 Å². The van der Waals surface area contributed by atoms with E-state index < -0.39 is 0 Å². The third kappa shape index (κ3) is 3.88. The van der Waals surface area contributed by atoms with Gasteiger partial charge in [-0.05, 0) is 18.6 Å². The second-order valence-electron chi connectivity index (χ2n) is 3.44. The molecule has 0 aliphatic heterocycles. The molecule has 0 aliphatic carbocycles. The zero-order chi connectivity index (χ0) is 11.3. The summed E-state index contributed by atoms with van der Waals surface area (Å²) in [5, 5.41) is 3.51. The Bertz CT molecular complexity index is 341. The van der Waals surface area contributed by atoms with Gasteiger partial charge in [-0.3, -0.25) is 9.78 Å². The minimum absolute atomic E-state index is 0.0359. The normalized spacial score (nSPS) is 12.2. The van der Waals surface area contributed by atoms with E-state index >= 15 is 0 Å². The largest absolute Gasteiger partial charge is 0.348 e. The standard InChI is InChI=1S/C11H15ClN2O/c1-3-4-10(14-8(2)15)11-7-9(12)5-6-13-11/h5-7,10H,3-4H2,1-2H3,(H,14,15)/t10-/m1/s1. The van der Waals surface area contributed by atoms with Crippen LogP contribution in [0.5, 0.6) is 0 Å². The maximum atomic E-state index is 11.0. The molecule has 0 aliphatic rings. The fourth-order valence-electron chi connectivity index (χ4n) is 1.44. The number of pyridine rings is 1. The summed E-state index contributed by atoms with van der Waals surface area (Å²) in [5.41, 5.74) is 0.819. The van der Waals surface area contributed by atoms with Crippen molar-refractivity contribution in [1.29, 1.82) is 0 Å². The van der Waals surface area contributed by atoms with Gasteiger partial charge < -0.3 is 5.32 Å². The van der Waals surface area contributed by atoms with Crippen molar-refractivity contribution < 1.29 is 4.79 Å². The summed E-state index contributed by atoms with van der Waals surface area (Å²) in [6.45, 7) is 3.58. The lowest BCUT2D eigenvalue weighted by Gasteiger charge is -2.16. The number of rotatable bonds is 4. The van der Waals surface area contributed by atoms with Crippen molar-refractivity contribution in [3.05, 3.63) is 29.0 Å². The number of aromatic nitrogens is 1. The van der Waals surface area contributed by atoms with Crippen molar-refractivity contribution >= 4 is 17.5 Å². The molecule has 0 saturated heterocycles. The molecule has 0 saturated carbocycles. The summed E-state index contributed by atoms with van der Waals surface area (Å²) in [6.07, 6.45) is 3.51. The molecule has 1 N–H and O–H groups in total. The van der Waals surface area contributed by atoms with Crippen LogP contribution in [0.15, 0.2) is 18.3 Å². The molecule has 1 aromatic heterocycles. The van der Waals surface area contributed by atoms with E-state index in [9.17, 15) is 4.79 Å². The average molecular weight is 227 g/mol. The number of halogens is 1. The van der Waals surface area contributed by atoms with Crippen molar-refractivity contribution in [2.45, 2.75) is 32.7 Å². The lowest BCUT2D eigenvalue weighted by atomic mass is 10.1. The Morgan fingerprint density at radius 1 is 1.67 bits per heavy atom. The van der Waals surface area contributed by atoms with E-state index in [0.717, 1.165) is 18.5 Å². The van der Waals surface area contributed by atoms with Gasteiger partial charge in [-0.1, -0.05) is 24.9 Å². The Balaban J connectivity index is 2.83. The van der Waals surface area contributed by atoms with Gasteiger partial charge in [0.25, 0.3) is 0 Å². The van der Waals surface area contributed by atoms with Gasteiger partial charge in [0.2, 0.25) is 5.91 Å². The van der Waals surface area contributed by atoms with E-state index in [1.807, 2.05) is 0 Å². The number of amides is 1. The van der Waals surface area contributed by atoms with Gasteiger partial charge in [-0.25, -0.2) is 0 Å². The van der Waals surface area contributed by atoms with Gasteiger partial charge in [-0.2, -0.15) is 0 Å². The highest BCUT2D eigenvalue weighted by atomic mass is 35.5. The highest BCUT2D eigenvalue weighted by Gasteiger charge is 2.12. The van der Waals surface area contributed by atoms with Crippen LogP contribution in [0.1, 0.15) is 38.4 Å². The van der Waals surface area contributed by atoms with Crippen molar-refractivity contribution in [2.24, 2.45) is 0 Å². The van der Waals surface area contributed by atoms with Crippen LogP contribution in [0.2, 0.25) is 5.02 Å². The Hall–Kier alpha value is -1.09. The van der Waals surface area contributed by atoms with Gasteiger partial charge in [-0.15, -0.1) is 0 Å². The summed E-state index contributed by atoms with van der Waals surface area (Å²) < 4.78 is 0. The molecular formula is C11H15ClN2O. The first-order valence-electron chi connectivity index (χ1n) is 5.02. The van der Waals surface area contributed by atoms with E-state index in [1.54, 1.807) is 18.3 Å². The maximum Gasteiger partial charge on any atom is 0.217 e. The topological polar surface area (TPSA) is 42.0 Å². The minimum atomic E-state index is -0.0461. The van der Waals surface area contributed by atoms with E-state index in [2.05, 4.69) is 17.2 Å². The van der Waals surface area contributed by atoms with Crippen molar-refractivity contribution in [3.8, 4) is 0 Å². The zero-order valence-corrected chi connectivity index (χ0v) is 9.71. The lowest BCUT2D eigenvalue weighted by Crippen LogP contribution is -2.26. The maximum absolute atomic E-state index is 11.0. The van der Waals surface area contributed by atoms with Crippen LogP contribution in [0, 0.1) is 0 Å². The van der Waals surface area contributed by atoms with Crippen LogP contribution in [0.4, 0.5) is 0 Å². The van der Waals surface area contributed by atoms with E-state index in [0.29, 0.717) is 5.02 Å². The van der Waals surface area contributed by atoms with Crippen LogP contribution in [0.25, 0.3) is 0 Å². The number of carbonyl (C=O) groups excluding carboxylic acids is 1. The molecule has 4 heteroatoms. The van der Waals surface area contributed by atoms with Gasteiger partial charge in [0.05, 0.1) is 11.7 Å². The summed E-state index contributed by atoms with van der Waals surface area (Å²) >= 11 is 5.87. The molecule has 0 bridgehead atoms. The summed E-state index contributed by atoms with van der Waals surface area (Å²) in [5.74, 6) is -0.0461. The Morgan fingerprint density at radius 3 is 2.93 bits per heavy atom. The molecule has 0 unspecified atom stereocenters. The van der Waals surface area contributed by atoms with Crippen molar-refractivity contribution in [2.75, 3.05) is 0 Å². The number of hydrogen-bond acceptors (Lipinski definition) is 2. The summed E-state index contributed by atoms with van der Waals surface area (Å²) in [6, 6.07) is 3.48. The van der Waals surface area contributed by atoms with Crippen LogP contribution in [-0.4, -0.2) is 10.9 Å². The molecule has 1 atom stereocenters.